The lowest BCUT2D eigenvalue weighted by Crippen LogP contribution is -2.35. The Kier molecular flexibility index (Phi) is 2.14. The van der Waals surface area contributed by atoms with Gasteiger partial charge >= 0.3 is 0 Å². The van der Waals surface area contributed by atoms with E-state index in [1.165, 1.54) is 4.53 Å². The van der Waals surface area contributed by atoms with Crippen LogP contribution in [0.1, 0.15) is 5.56 Å². The number of rotatable bonds is 0. The van der Waals surface area contributed by atoms with Crippen LogP contribution in [0.15, 0.2) is 29.2 Å². The van der Waals surface area contributed by atoms with Gasteiger partial charge in [-0.1, -0.05) is 18.2 Å². The van der Waals surface area contributed by atoms with Gasteiger partial charge in [0.25, 0.3) is 0 Å². The molecule has 0 fully saturated rings. The van der Waals surface area contributed by atoms with E-state index in [4.69, 9.17) is 11.8 Å². The standard InChI is InChI=1S/C7H7ClN2OS/c8-10-5-6-3-1-2-4-7(6)12(11)9-10/h1-4,9H,5H2. The Balaban J connectivity index is 2.47. The van der Waals surface area contributed by atoms with Crippen molar-refractivity contribution < 1.29 is 4.21 Å². The number of halogens is 1. The lowest BCUT2D eigenvalue weighted by atomic mass is 10.2. The van der Waals surface area contributed by atoms with E-state index >= 15 is 0 Å². The van der Waals surface area contributed by atoms with Gasteiger partial charge in [-0.2, -0.15) is 4.83 Å². The Morgan fingerprint density at radius 3 is 3.08 bits per heavy atom. The Bertz CT molecular complexity index is 331. The molecule has 1 aliphatic rings. The van der Waals surface area contributed by atoms with Crippen LogP contribution in [0, 0.1) is 0 Å². The summed E-state index contributed by atoms with van der Waals surface area (Å²) in [7, 11) is -1.20. The van der Waals surface area contributed by atoms with Crippen LogP contribution < -0.4 is 4.83 Å². The monoisotopic (exact) mass is 202 g/mol. The molecule has 2 rings (SSSR count). The molecule has 1 unspecified atom stereocenters. The zero-order valence-electron chi connectivity index (χ0n) is 6.16. The van der Waals surface area contributed by atoms with Crippen molar-refractivity contribution in [2.75, 3.05) is 0 Å². The fourth-order valence-electron chi connectivity index (χ4n) is 1.14. The smallest absolute Gasteiger partial charge is 0.140 e. The van der Waals surface area contributed by atoms with Crippen molar-refractivity contribution in [3.63, 3.8) is 0 Å². The first kappa shape index (κ1) is 8.19. The van der Waals surface area contributed by atoms with Crippen LogP contribution in [0.2, 0.25) is 0 Å². The van der Waals surface area contributed by atoms with Gasteiger partial charge in [0.05, 0.1) is 11.4 Å². The highest BCUT2D eigenvalue weighted by Gasteiger charge is 2.19. The van der Waals surface area contributed by atoms with Crippen molar-refractivity contribution >= 4 is 22.8 Å². The predicted octanol–water partition coefficient (Wildman–Crippen LogP) is 1.18. The molecule has 1 aromatic rings. The van der Waals surface area contributed by atoms with E-state index < -0.39 is 11.0 Å². The van der Waals surface area contributed by atoms with Gasteiger partial charge in [-0.25, -0.2) is 4.21 Å². The summed E-state index contributed by atoms with van der Waals surface area (Å²) in [5, 5.41) is 0. The fourth-order valence-corrected chi connectivity index (χ4v) is 2.37. The number of nitrogens with one attached hydrogen (secondary N) is 1. The van der Waals surface area contributed by atoms with E-state index in [-0.39, 0.29) is 0 Å². The summed E-state index contributed by atoms with van der Waals surface area (Å²) in [4.78, 5) is 3.42. The number of benzene rings is 1. The molecule has 0 aliphatic carbocycles. The maximum absolute atomic E-state index is 11.4. The zero-order chi connectivity index (χ0) is 8.55. The van der Waals surface area contributed by atoms with Crippen LogP contribution in [0.4, 0.5) is 0 Å². The van der Waals surface area contributed by atoms with Gasteiger partial charge in [-0.3, -0.25) is 0 Å². The molecule has 0 saturated carbocycles. The van der Waals surface area contributed by atoms with E-state index in [9.17, 15) is 4.21 Å². The SMILES string of the molecule is O=S1NN(Cl)Cc2ccccc21. The Morgan fingerprint density at radius 1 is 1.50 bits per heavy atom. The molecule has 1 atom stereocenters. The van der Waals surface area contributed by atoms with Gasteiger partial charge in [0, 0.05) is 0 Å². The molecule has 3 nitrogen and oxygen atoms in total. The van der Waals surface area contributed by atoms with Gasteiger partial charge in [0.1, 0.15) is 11.0 Å². The average molecular weight is 203 g/mol. The summed E-state index contributed by atoms with van der Waals surface area (Å²) < 4.78 is 12.7. The topological polar surface area (TPSA) is 32.3 Å². The largest absolute Gasteiger partial charge is 0.236 e. The molecule has 12 heavy (non-hydrogen) atoms. The molecule has 64 valence electrons. The molecular weight excluding hydrogens is 196 g/mol. The molecule has 0 aromatic heterocycles. The van der Waals surface area contributed by atoms with Crippen molar-refractivity contribution in [2.45, 2.75) is 11.4 Å². The summed E-state index contributed by atoms with van der Waals surface area (Å²) in [5.74, 6) is 0. The molecular formula is C7H7ClN2OS. The number of fused-ring (bicyclic) bond motifs is 1. The summed E-state index contributed by atoms with van der Waals surface area (Å²) in [5.41, 5.74) is 1.00. The summed E-state index contributed by atoms with van der Waals surface area (Å²) >= 11 is 5.67. The molecule has 1 N–H and O–H groups in total. The molecule has 0 saturated heterocycles. The van der Waals surface area contributed by atoms with Gasteiger partial charge in [0.15, 0.2) is 0 Å². The van der Waals surface area contributed by atoms with Crippen LogP contribution in [0.5, 0.6) is 0 Å². The lowest BCUT2D eigenvalue weighted by molar-refractivity contribution is 0.403. The minimum Gasteiger partial charge on any atom is -0.236 e. The second-order valence-corrected chi connectivity index (χ2v) is 4.06. The van der Waals surface area contributed by atoms with Crippen LogP contribution in [0.25, 0.3) is 0 Å². The highest BCUT2D eigenvalue weighted by molar-refractivity contribution is 7.83. The third kappa shape index (κ3) is 1.38. The molecule has 5 heteroatoms. The van der Waals surface area contributed by atoms with Gasteiger partial charge in [-0.05, 0) is 23.4 Å². The Morgan fingerprint density at radius 2 is 2.25 bits per heavy atom. The number of hydrogen-bond donors (Lipinski definition) is 1. The predicted molar refractivity (Wildman–Crippen MR) is 47.4 cm³/mol. The van der Waals surface area contributed by atoms with E-state index in [2.05, 4.69) is 4.83 Å². The van der Waals surface area contributed by atoms with Crippen LogP contribution >= 0.6 is 11.8 Å². The van der Waals surface area contributed by atoms with E-state index in [0.717, 1.165) is 10.5 Å². The Labute approximate surface area is 78.0 Å². The van der Waals surface area contributed by atoms with Crippen molar-refractivity contribution in [2.24, 2.45) is 0 Å². The maximum Gasteiger partial charge on any atom is 0.140 e. The van der Waals surface area contributed by atoms with Crippen molar-refractivity contribution in [1.29, 1.82) is 0 Å². The fraction of sp³-hybridized carbons (Fsp3) is 0.143. The first-order chi connectivity index (χ1) is 5.77. The summed E-state index contributed by atoms with van der Waals surface area (Å²) in [6, 6.07) is 7.53. The lowest BCUT2D eigenvalue weighted by Gasteiger charge is -2.21. The molecule has 0 bridgehead atoms. The number of nitrogens with zero attached hydrogens (tertiary/aromatic N) is 1. The first-order valence-electron chi connectivity index (χ1n) is 3.46. The third-order valence-corrected chi connectivity index (χ3v) is 3.15. The van der Waals surface area contributed by atoms with E-state index in [0.29, 0.717) is 6.54 Å². The van der Waals surface area contributed by atoms with Gasteiger partial charge < -0.3 is 0 Å². The van der Waals surface area contributed by atoms with Crippen molar-refractivity contribution in [3.8, 4) is 0 Å². The second-order valence-electron chi connectivity index (χ2n) is 2.49. The average Bonchev–Trinajstić information content (AvgIpc) is 2.04. The molecule has 0 amide bonds. The highest BCUT2D eigenvalue weighted by atomic mass is 35.5. The van der Waals surface area contributed by atoms with Crippen LogP contribution in [-0.2, 0) is 17.5 Å². The van der Waals surface area contributed by atoms with Crippen LogP contribution in [-0.4, -0.2) is 8.74 Å². The molecule has 0 spiro atoms. The molecule has 1 aromatic carbocycles. The van der Waals surface area contributed by atoms with Crippen molar-refractivity contribution in [3.05, 3.63) is 29.8 Å². The first-order valence-corrected chi connectivity index (χ1v) is 4.95. The zero-order valence-corrected chi connectivity index (χ0v) is 7.73. The highest BCUT2D eigenvalue weighted by Crippen LogP contribution is 2.19. The quantitative estimate of drug-likeness (QED) is 0.641. The van der Waals surface area contributed by atoms with Crippen molar-refractivity contribution in [1.82, 2.24) is 9.36 Å². The van der Waals surface area contributed by atoms with E-state index in [1.807, 2.05) is 24.3 Å². The third-order valence-electron chi connectivity index (χ3n) is 1.66. The maximum atomic E-state index is 11.4. The Hall–Kier alpha value is -0.420. The minimum atomic E-state index is -1.20. The number of hydrogen-bond acceptors (Lipinski definition) is 2. The molecule has 1 heterocycles. The summed E-state index contributed by atoms with van der Waals surface area (Å²) in [6.45, 7) is 0.573. The molecule has 1 aliphatic heterocycles. The minimum absolute atomic E-state index is 0.573. The van der Waals surface area contributed by atoms with Gasteiger partial charge in [-0.15, -0.1) is 4.53 Å². The van der Waals surface area contributed by atoms with Gasteiger partial charge in [0.2, 0.25) is 0 Å². The normalized spacial score (nSPS) is 23.6. The summed E-state index contributed by atoms with van der Waals surface area (Å²) in [6.07, 6.45) is 0. The number of hydrazine groups is 1. The second kappa shape index (κ2) is 3.14. The van der Waals surface area contributed by atoms with Crippen LogP contribution in [0.3, 0.4) is 0 Å². The molecule has 0 radical (unpaired) electrons. The van der Waals surface area contributed by atoms with E-state index in [1.54, 1.807) is 0 Å².